The highest BCUT2D eigenvalue weighted by molar-refractivity contribution is 5.76. The van der Waals surface area contributed by atoms with E-state index in [0.717, 1.165) is 45.3 Å². The van der Waals surface area contributed by atoms with Crippen molar-refractivity contribution in [3.63, 3.8) is 0 Å². The first-order valence-electron chi connectivity index (χ1n) is 6.78. The summed E-state index contributed by atoms with van der Waals surface area (Å²) in [5, 5.41) is 3.03. The van der Waals surface area contributed by atoms with E-state index in [1.165, 1.54) is 0 Å². The highest BCUT2D eigenvalue weighted by Gasteiger charge is 2.24. The molecular formula is C13H23NO3. The molecule has 2 saturated heterocycles. The van der Waals surface area contributed by atoms with Crippen LogP contribution < -0.4 is 5.32 Å². The molecular weight excluding hydrogens is 218 g/mol. The maximum absolute atomic E-state index is 11.7. The van der Waals surface area contributed by atoms with Crippen LogP contribution in [0.15, 0.2) is 0 Å². The molecule has 0 aromatic rings. The van der Waals surface area contributed by atoms with Crippen molar-refractivity contribution in [2.45, 2.75) is 63.7 Å². The zero-order valence-electron chi connectivity index (χ0n) is 10.6. The summed E-state index contributed by atoms with van der Waals surface area (Å²) in [6.07, 6.45) is 6.35. The van der Waals surface area contributed by atoms with Crippen molar-refractivity contribution in [3.05, 3.63) is 0 Å². The van der Waals surface area contributed by atoms with Crippen LogP contribution in [0.25, 0.3) is 0 Å². The van der Waals surface area contributed by atoms with E-state index < -0.39 is 0 Å². The monoisotopic (exact) mass is 241 g/mol. The third-order valence-corrected chi connectivity index (χ3v) is 3.63. The molecule has 98 valence electrons. The molecule has 17 heavy (non-hydrogen) atoms. The lowest BCUT2D eigenvalue weighted by Gasteiger charge is -2.20. The van der Waals surface area contributed by atoms with E-state index in [1.54, 1.807) is 0 Å². The first kappa shape index (κ1) is 12.8. The summed E-state index contributed by atoms with van der Waals surface area (Å²) in [5.74, 6) is 0.128. The standard InChI is InChI=1S/C13H23NO3/c1-10(12-5-3-9-17-12)14-13(15)7-6-11-4-2-8-16-11/h10-12H,2-9H2,1H3,(H,14,15). The number of carbonyl (C=O) groups is 1. The summed E-state index contributed by atoms with van der Waals surface area (Å²) in [4.78, 5) is 11.7. The van der Waals surface area contributed by atoms with E-state index in [0.29, 0.717) is 12.5 Å². The van der Waals surface area contributed by atoms with Crippen molar-refractivity contribution in [2.75, 3.05) is 13.2 Å². The van der Waals surface area contributed by atoms with Crippen molar-refractivity contribution in [1.82, 2.24) is 5.32 Å². The van der Waals surface area contributed by atoms with Crippen LogP contribution in [0.2, 0.25) is 0 Å². The van der Waals surface area contributed by atoms with Crippen LogP contribution in [-0.2, 0) is 14.3 Å². The molecule has 0 aromatic carbocycles. The first-order chi connectivity index (χ1) is 8.25. The molecule has 4 heteroatoms. The SMILES string of the molecule is CC(NC(=O)CCC1CCCO1)C1CCCO1. The van der Waals surface area contributed by atoms with Gasteiger partial charge in [0.2, 0.25) is 5.91 Å². The molecule has 0 bridgehead atoms. The van der Waals surface area contributed by atoms with E-state index in [9.17, 15) is 4.79 Å². The minimum atomic E-state index is 0.128. The van der Waals surface area contributed by atoms with Crippen molar-refractivity contribution >= 4 is 5.91 Å². The van der Waals surface area contributed by atoms with Crippen LogP contribution in [-0.4, -0.2) is 37.4 Å². The van der Waals surface area contributed by atoms with Gasteiger partial charge in [-0.05, 0) is 39.0 Å². The largest absolute Gasteiger partial charge is 0.378 e. The molecule has 0 radical (unpaired) electrons. The summed E-state index contributed by atoms with van der Waals surface area (Å²) in [6.45, 7) is 3.72. The van der Waals surface area contributed by atoms with Crippen LogP contribution in [0, 0.1) is 0 Å². The summed E-state index contributed by atoms with van der Waals surface area (Å²) in [6, 6.07) is 0.134. The van der Waals surface area contributed by atoms with Gasteiger partial charge in [-0.15, -0.1) is 0 Å². The Balaban J connectivity index is 1.62. The second kappa shape index (κ2) is 6.36. The number of nitrogens with one attached hydrogen (secondary N) is 1. The van der Waals surface area contributed by atoms with Gasteiger partial charge < -0.3 is 14.8 Å². The summed E-state index contributed by atoms with van der Waals surface area (Å²) < 4.78 is 11.1. The molecule has 2 heterocycles. The Bertz CT molecular complexity index is 245. The summed E-state index contributed by atoms with van der Waals surface area (Å²) in [5.41, 5.74) is 0. The molecule has 0 aromatic heterocycles. The number of rotatable bonds is 5. The van der Waals surface area contributed by atoms with Gasteiger partial charge in [0.05, 0.1) is 18.2 Å². The smallest absolute Gasteiger partial charge is 0.220 e. The van der Waals surface area contributed by atoms with Gasteiger partial charge in [0, 0.05) is 19.6 Å². The third-order valence-electron chi connectivity index (χ3n) is 3.63. The molecule has 3 unspecified atom stereocenters. The zero-order valence-corrected chi connectivity index (χ0v) is 10.6. The second-order valence-electron chi connectivity index (χ2n) is 5.08. The highest BCUT2D eigenvalue weighted by Crippen LogP contribution is 2.18. The third kappa shape index (κ3) is 3.96. The van der Waals surface area contributed by atoms with Crippen LogP contribution in [0.5, 0.6) is 0 Å². The molecule has 4 nitrogen and oxygen atoms in total. The highest BCUT2D eigenvalue weighted by atomic mass is 16.5. The van der Waals surface area contributed by atoms with Gasteiger partial charge in [0.1, 0.15) is 0 Å². The zero-order chi connectivity index (χ0) is 12.1. The average molecular weight is 241 g/mol. The minimum absolute atomic E-state index is 0.128. The van der Waals surface area contributed by atoms with Crippen molar-refractivity contribution in [3.8, 4) is 0 Å². The quantitative estimate of drug-likeness (QED) is 0.796. The molecule has 0 spiro atoms. The summed E-state index contributed by atoms with van der Waals surface area (Å²) >= 11 is 0. The Hall–Kier alpha value is -0.610. The van der Waals surface area contributed by atoms with Crippen LogP contribution in [0.4, 0.5) is 0 Å². The second-order valence-corrected chi connectivity index (χ2v) is 5.08. The van der Waals surface area contributed by atoms with E-state index in [4.69, 9.17) is 9.47 Å². The predicted octanol–water partition coefficient (Wildman–Crippen LogP) is 1.63. The summed E-state index contributed by atoms with van der Waals surface area (Å²) in [7, 11) is 0. The lowest BCUT2D eigenvalue weighted by molar-refractivity contribution is -0.123. The topological polar surface area (TPSA) is 47.6 Å². The van der Waals surface area contributed by atoms with Gasteiger partial charge in [-0.1, -0.05) is 0 Å². The van der Waals surface area contributed by atoms with Gasteiger partial charge in [0.15, 0.2) is 0 Å². The molecule has 2 fully saturated rings. The first-order valence-corrected chi connectivity index (χ1v) is 6.78. The Morgan fingerprint density at radius 2 is 2.06 bits per heavy atom. The Labute approximate surface area is 103 Å². The normalized spacial score (nSPS) is 30.4. The fraction of sp³-hybridized carbons (Fsp3) is 0.923. The van der Waals surface area contributed by atoms with Gasteiger partial charge in [-0.2, -0.15) is 0 Å². The van der Waals surface area contributed by atoms with Crippen molar-refractivity contribution in [1.29, 1.82) is 0 Å². The van der Waals surface area contributed by atoms with Gasteiger partial charge in [0.25, 0.3) is 0 Å². The molecule has 0 saturated carbocycles. The molecule has 2 aliphatic heterocycles. The number of amides is 1. The van der Waals surface area contributed by atoms with E-state index in [1.807, 2.05) is 6.92 Å². The fourth-order valence-corrected chi connectivity index (χ4v) is 2.58. The number of ether oxygens (including phenoxy) is 2. The maximum atomic E-state index is 11.7. The van der Waals surface area contributed by atoms with Crippen molar-refractivity contribution in [2.24, 2.45) is 0 Å². The molecule has 3 atom stereocenters. The van der Waals surface area contributed by atoms with Gasteiger partial charge in [-0.25, -0.2) is 0 Å². The van der Waals surface area contributed by atoms with E-state index >= 15 is 0 Å². The van der Waals surface area contributed by atoms with Crippen LogP contribution in [0.3, 0.4) is 0 Å². The Morgan fingerprint density at radius 3 is 2.71 bits per heavy atom. The fourth-order valence-electron chi connectivity index (χ4n) is 2.58. The van der Waals surface area contributed by atoms with Crippen LogP contribution >= 0.6 is 0 Å². The number of hydrogen-bond donors (Lipinski definition) is 1. The van der Waals surface area contributed by atoms with Gasteiger partial charge in [-0.3, -0.25) is 4.79 Å². The number of hydrogen-bond acceptors (Lipinski definition) is 3. The van der Waals surface area contributed by atoms with E-state index in [-0.39, 0.29) is 18.1 Å². The molecule has 1 amide bonds. The minimum Gasteiger partial charge on any atom is -0.378 e. The molecule has 1 N–H and O–H groups in total. The average Bonchev–Trinajstić information content (AvgIpc) is 2.99. The molecule has 2 rings (SSSR count). The lowest BCUT2D eigenvalue weighted by Crippen LogP contribution is -2.40. The molecule has 0 aliphatic carbocycles. The van der Waals surface area contributed by atoms with Crippen LogP contribution in [0.1, 0.15) is 45.4 Å². The molecule has 2 aliphatic rings. The number of carbonyl (C=O) groups excluding carboxylic acids is 1. The van der Waals surface area contributed by atoms with Crippen molar-refractivity contribution < 1.29 is 14.3 Å². The Morgan fingerprint density at radius 1 is 1.29 bits per heavy atom. The maximum Gasteiger partial charge on any atom is 0.220 e. The lowest BCUT2D eigenvalue weighted by atomic mass is 10.1. The Kier molecular flexibility index (Phi) is 4.80. The predicted molar refractivity (Wildman–Crippen MR) is 64.8 cm³/mol. The van der Waals surface area contributed by atoms with E-state index in [2.05, 4.69) is 5.32 Å². The van der Waals surface area contributed by atoms with Gasteiger partial charge >= 0.3 is 0 Å².